The Bertz CT molecular complexity index is 162. The fourth-order valence-electron chi connectivity index (χ4n) is 0.714. The van der Waals surface area contributed by atoms with Gasteiger partial charge >= 0.3 is 0 Å². The van der Waals surface area contributed by atoms with Crippen LogP contribution in [0.5, 0.6) is 0 Å². The van der Waals surface area contributed by atoms with Crippen molar-refractivity contribution in [2.45, 2.75) is 13.4 Å². The summed E-state index contributed by atoms with van der Waals surface area (Å²) in [5, 5.41) is 8.21. The number of carbonyl (C=O) groups excluding carboxylic acids is 1. The molecule has 0 aromatic heterocycles. The fourth-order valence-corrected chi connectivity index (χ4v) is 0.823. The Hall–Kier alpha value is -0.160. The molecule has 0 aromatic carbocycles. The molecule has 1 aliphatic rings. The van der Waals surface area contributed by atoms with Crippen LogP contribution in [0.15, 0.2) is 0 Å². The van der Waals surface area contributed by atoms with Gasteiger partial charge < -0.3 is 14.6 Å². The van der Waals surface area contributed by atoms with Gasteiger partial charge in [0.2, 0.25) is 5.24 Å². The van der Waals surface area contributed by atoms with Crippen molar-refractivity contribution < 1.29 is 19.4 Å². The smallest absolute Gasteiger partial charge is 0.269 e. The van der Waals surface area contributed by atoms with Gasteiger partial charge in [0.15, 0.2) is 0 Å². The summed E-state index contributed by atoms with van der Waals surface area (Å²) >= 11 is 5.26. The number of halogens is 1. The molecule has 0 aromatic rings. The molecule has 0 bridgehead atoms. The van der Waals surface area contributed by atoms with E-state index in [-0.39, 0.29) is 13.2 Å². The second-order valence-corrected chi connectivity index (χ2v) is 3.11. The highest BCUT2D eigenvalue weighted by Crippen LogP contribution is 2.25. The lowest BCUT2D eigenvalue weighted by molar-refractivity contribution is -0.311. The first-order valence-corrected chi connectivity index (χ1v) is 3.54. The van der Waals surface area contributed by atoms with Gasteiger partial charge in [0.1, 0.15) is 0 Å². The Morgan fingerprint density at radius 1 is 1.64 bits per heavy atom. The molecule has 1 fully saturated rings. The quantitative estimate of drug-likeness (QED) is 0.581. The van der Waals surface area contributed by atoms with Gasteiger partial charge in [0.05, 0.1) is 18.6 Å². The number of aliphatic hydroxyl groups is 1. The lowest BCUT2D eigenvalue weighted by Gasteiger charge is -2.31. The number of aliphatic hydroxyl groups excluding tert-OH is 1. The van der Waals surface area contributed by atoms with Crippen LogP contribution in [0.3, 0.4) is 0 Å². The van der Waals surface area contributed by atoms with Gasteiger partial charge in [0, 0.05) is 0 Å². The molecule has 0 spiro atoms. The van der Waals surface area contributed by atoms with Gasteiger partial charge in [-0.2, -0.15) is 0 Å². The van der Waals surface area contributed by atoms with Crippen LogP contribution in [0.25, 0.3) is 0 Å². The van der Waals surface area contributed by atoms with Crippen LogP contribution in [0, 0.1) is 5.41 Å². The van der Waals surface area contributed by atoms with E-state index in [1.807, 2.05) is 0 Å². The zero-order valence-corrected chi connectivity index (χ0v) is 6.80. The van der Waals surface area contributed by atoms with Crippen molar-refractivity contribution in [1.82, 2.24) is 0 Å². The molecule has 1 heterocycles. The Balaban J connectivity index is 2.55. The lowest BCUT2D eigenvalue weighted by atomic mass is 9.94. The average Bonchev–Trinajstić information content (AvgIpc) is 1.95. The number of ether oxygens (including phenoxy) is 2. The summed E-state index contributed by atoms with van der Waals surface area (Å²) in [5.74, 6) is 0. The van der Waals surface area contributed by atoms with Gasteiger partial charge in [-0.3, -0.25) is 4.79 Å². The molecule has 5 heteroatoms. The van der Waals surface area contributed by atoms with Crippen molar-refractivity contribution in [3.05, 3.63) is 0 Å². The molecule has 0 radical (unpaired) electrons. The number of hydrogen-bond acceptors (Lipinski definition) is 4. The summed E-state index contributed by atoms with van der Waals surface area (Å²) in [4.78, 5) is 10.8. The van der Waals surface area contributed by atoms with E-state index in [9.17, 15) is 4.79 Å². The Labute approximate surface area is 69.0 Å². The molecule has 1 rings (SSSR count). The van der Waals surface area contributed by atoms with Gasteiger partial charge in [-0.1, -0.05) is 0 Å². The van der Waals surface area contributed by atoms with Crippen LogP contribution in [0.1, 0.15) is 6.92 Å². The number of hydrogen-bond donors (Lipinski definition) is 1. The van der Waals surface area contributed by atoms with Crippen LogP contribution in [-0.4, -0.2) is 30.0 Å². The topological polar surface area (TPSA) is 55.8 Å². The van der Waals surface area contributed by atoms with E-state index in [1.54, 1.807) is 6.92 Å². The van der Waals surface area contributed by atoms with E-state index in [1.165, 1.54) is 0 Å². The van der Waals surface area contributed by atoms with Crippen LogP contribution in [0.4, 0.5) is 0 Å². The van der Waals surface area contributed by atoms with Crippen molar-refractivity contribution in [2.24, 2.45) is 5.41 Å². The molecule has 1 aliphatic heterocycles. The van der Waals surface area contributed by atoms with Crippen LogP contribution in [-0.2, 0) is 14.3 Å². The third kappa shape index (κ3) is 1.90. The first-order chi connectivity index (χ1) is 5.04. The Morgan fingerprint density at radius 3 is 2.45 bits per heavy atom. The predicted molar refractivity (Wildman–Crippen MR) is 36.9 cm³/mol. The van der Waals surface area contributed by atoms with Crippen LogP contribution < -0.4 is 0 Å². The van der Waals surface area contributed by atoms with E-state index in [0.29, 0.717) is 0 Å². The molecule has 0 unspecified atom stereocenters. The van der Waals surface area contributed by atoms with E-state index in [2.05, 4.69) is 9.47 Å². The first-order valence-electron chi connectivity index (χ1n) is 3.16. The van der Waals surface area contributed by atoms with Crippen molar-refractivity contribution in [2.75, 3.05) is 13.2 Å². The van der Waals surface area contributed by atoms with E-state index in [4.69, 9.17) is 16.7 Å². The summed E-state index contributed by atoms with van der Waals surface area (Å²) < 4.78 is 9.37. The van der Waals surface area contributed by atoms with E-state index >= 15 is 0 Å². The van der Waals surface area contributed by atoms with E-state index < -0.39 is 17.1 Å². The fraction of sp³-hybridized carbons (Fsp3) is 0.833. The van der Waals surface area contributed by atoms with Crippen molar-refractivity contribution in [3.63, 3.8) is 0 Å². The SMILES string of the molecule is CC1(C(=O)Cl)COC(O)OC1. The summed E-state index contributed by atoms with van der Waals surface area (Å²) in [5.41, 5.74) is -0.819. The molecular formula is C6H9ClO4. The normalized spacial score (nSPS) is 38.6. The molecule has 0 saturated carbocycles. The summed E-state index contributed by atoms with van der Waals surface area (Å²) in [6, 6.07) is 0. The van der Waals surface area contributed by atoms with Crippen molar-refractivity contribution in [3.8, 4) is 0 Å². The third-order valence-electron chi connectivity index (χ3n) is 1.56. The second kappa shape index (κ2) is 3.06. The van der Waals surface area contributed by atoms with E-state index in [0.717, 1.165) is 0 Å². The highest BCUT2D eigenvalue weighted by molar-refractivity contribution is 6.64. The second-order valence-electron chi connectivity index (χ2n) is 2.76. The molecule has 0 aliphatic carbocycles. The molecule has 11 heavy (non-hydrogen) atoms. The van der Waals surface area contributed by atoms with Gasteiger partial charge in [-0.25, -0.2) is 0 Å². The highest BCUT2D eigenvalue weighted by Gasteiger charge is 2.37. The molecule has 1 saturated heterocycles. The lowest BCUT2D eigenvalue weighted by Crippen LogP contribution is -2.43. The molecule has 0 atom stereocenters. The number of carbonyl (C=O) groups is 1. The molecule has 0 amide bonds. The van der Waals surface area contributed by atoms with Crippen LogP contribution >= 0.6 is 11.6 Å². The number of rotatable bonds is 1. The maximum Gasteiger partial charge on any atom is 0.269 e. The summed E-state index contributed by atoms with van der Waals surface area (Å²) in [6.45, 7) is 0.584. The van der Waals surface area contributed by atoms with Gasteiger partial charge in [0.25, 0.3) is 6.48 Å². The first kappa shape index (κ1) is 8.93. The average molecular weight is 181 g/mol. The summed E-state index contributed by atoms with van der Waals surface area (Å²) in [6.07, 6.45) is 0. The minimum Gasteiger partial charge on any atom is -0.346 e. The highest BCUT2D eigenvalue weighted by atomic mass is 35.5. The molecule has 1 N–H and O–H groups in total. The third-order valence-corrected chi connectivity index (χ3v) is 2.02. The monoisotopic (exact) mass is 180 g/mol. The largest absolute Gasteiger partial charge is 0.346 e. The maximum absolute atomic E-state index is 10.8. The Kier molecular flexibility index (Phi) is 2.49. The van der Waals surface area contributed by atoms with Gasteiger partial charge in [-0.05, 0) is 18.5 Å². The minimum absolute atomic E-state index is 0.0938. The standard InChI is InChI=1S/C6H9ClO4/c1-6(4(7)8)2-10-5(9)11-3-6/h5,9H,2-3H2,1H3. The Morgan fingerprint density at radius 2 is 2.09 bits per heavy atom. The minimum atomic E-state index is -1.22. The zero-order valence-electron chi connectivity index (χ0n) is 6.04. The zero-order chi connectivity index (χ0) is 8.48. The molecule has 64 valence electrons. The summed E-state index contributed by atoms with van der Waals surface area (Å²) in [7, 11) is 0. The van der Waals surface area contributed by atoms with Crippen LogP contribution in [0.2, 0.25) is 0 Å². The van der Waals surface area contributed by atoms with Crippen molar-refractivity contribution >= 4 is 16.8 Å². The molecular weight excluding hydrogens is 172 g/mol. The maximum atomic E-state index is 10.8. The van der Waals surface area contributed by atoms with Crippen molar-refractivity contribution in [1.29, 1.82) is 0 Å². The predicted octanol–water partition coefficient (Wildman–Crippen LogP) is 0.0808. The molecule has 4 nitrogen and oxygen atoms in total. The van der Waals surface area contributed by atoms with Gasteiger partial charge in [-0.15, -0.1) is 0 Å².